The second kappa shape index (κ2) is 3.03. The quantitative estimate of drug-likeness (QED) is 0.746. The molecule has 1 aromatic rings. The maximum atomic E-state index is 5.63. The van der Waals surface area contributed by atoms with Crippen LogP contribution in [-0.2, 0) is 0 Å². The van der Waals surface area contributed by atoms with Crippen LogP contribution in [0, 0.1) is 0 Å². The molecular formula is C7H8BrNO. The maximum Gasteiger partial charge on any atom is 0.105 e. The molecule has 0 aromatic carbocycles. The number of rotatable bonds is 2. The molecule has 1 atom stereocenters. The van der Waals surface area contributed by atoms with Gasteiger partial charge >= 0.3 is 0 Å². The highest BCUT2D eigenvalue weighted by Gasteiger charge is 2.06. The molecular weight excluding hydrogens is 194 g/mol. The lowest BCUT2D eigenvalue weighted by Crippen LogP contribution is -2.05. The lowest BCUT2D eigenvalue weighted by atomic mass is 10.2. The Bertz CT molecular complexity index is 231. The van der Waals surface area contributed by atoms with Crippen LogP contribution in [0.15, 0.2) is 34.1 Å². The van der Waals surface area contributed by atoms with Crippen molar-refractivity contribution >= 4 is 15.9 Å². The van der Waals surface area contributed by atoms with Crippen molar-refractivity contribution in [3.05, 3.63) is 35.2 Å². The van der Waals surface area contributed by atoms with Gasteiger partial charge in [0, 0.05) is 5.56 Å². The minimum Gasteiger partial charge on any atom is -0.471 e. The predicted molar refractivity (Wildman–Crippen MR) is 43.5 cm³/mol. The molecule has 10 heavy (non-hydrogen) atoms. The Kier molecular flexibility index (Phi) is 2.29. The third kappa shape index (κ3) is 1.30. The fourth-order valence-electron chi connectivity index (χ4n) is 0.656. The first kappa shape index (κ1) is 7.57. The number of furan rings is 1. The van der Waals surface area contributed by atoms with E-state index >= 15 is 0 Å². The lowest BCUT2D eigenvalue weighted by Gasteiger charge is -2.00. The van der Waals surface area contributed by atoms with Crippen molar-refractivity contribution in [3.8, 4) is 0 Å². The van der Waals surface area contributed by atoms with Crippen LogP contribution >= 0.6 is 15.9 Å². The SMILES string of the molecule is C=C[C@@H](N)c1cocc1Br. The minimum atomic E-state index is -0.145. The number of nitrogens with two attached hydrogens (primary N) is 1. The van der Waals surface area contributed by atoms with E-state index < -0.39 is 0 Å². The zero-order valence-electron chi connectivity index (χ0n) is 5.38. The molecule has 2 N–H and O–H groups in total. The zero-order valence-corrected chi connectivity index (χ0v) is 6.97. The predicted octanol–water partition coefficient (Wildman–Crippen LogP) is 2.23. The second-order valence-corrected chi connectivity index (χ2v) is 2.79. The molecule has 0 aliphatic carbocycles. The number of hydrogen-bond donors (Lipinski definition) is 1. The second-order valence-electron chi connectivity index (χ2n) is 1.94. The Morgan fingerprint density at radius 1 is 1.70 bits per heavy atom. The van der Waals surface area contributed by atoms with Gasteiger partial charge in [0.25, 0.3) is 0 Å². The van der Waals surface area contributed by atoms with Crippen molar-refractivity contribution in [1.29, 1.82) is 0 Å². The Morgan fingerprint density at radius 3 is 2.80 bits per heavy atom. The average Bonchev–Trinajstić information content (AvgIpc) is 2.34. The van der Waals surface area contributed by atoms with Gasteiger partial charge in [-0.2, -0.15) is 0 Å². The van der Waals surface area contributed by atoms with Gasteiger partial charge in [0.2, 0.25) is 0 Å². The molecule has 0 aliphatic heterocycles. The first-order valence-electron chi connectivity index (χ1n) is 2.85. The van der Waals surface area contributed by atoms with Crippen LogP contribution in [0.2, 0.25) is 0 Å². The summed E-state index contributed by atoms with van der Waals surface area (Å²) in [6.45, 7) is 3.57. The average molecular weight is 202 g/mol. The Hall–Kier alpha value is -0.540. The summed E-state index contributed by atoms with van der Waals surface area (Å²) in [5, 5.41) is 0. The topological polar surface area (TPSA) is 39.2 Å². The van der Waals surface area contributed by atoms with Crippen LogP contribution in [0.25, 0.3) is 0 Å². The van der Waals surface area contributed by atoms with E-state index in [1.807, 2.05) is 0 Å². The van der Waals surface area contributed by atoms with E-state index in [4.69, 9.17) is 10.2 Å². The minimum absolute atomic E-state index is 0.145. The van der Waals surface area contributed by atoms with Gasteiger partial charge < -0.3 is 10.2 Å². The smallest absolute Gasteiger partial charge is 0.105 e. The highest BCUT2D eigenvalue weighted by atomic mass is 79.9. The van der Waals surface area contributed by atoms with Crippen molar-refractivity contribution in [2.45, 2.75) is 6.04 Å². The van der Waals surface area contributed by atoms with Gasteiger partial charge in [-0.15, -0.1) is 6.58 Å². The third-order valence-corrected chi connectivity index (χ3v) is 1.90. The summed E-state index contributed by atoms with van der Waals surface area (Å²) in [7, 11) is 0. The van der Waals surface area contributed by atoms with Gasteiger partial charge in [-0.3, -0.25) is 0 Å². The van der Waals surface area contributed by atoms with Gasteiger partial charge in [-0.25, -0.2) is 0 Å². The molecule has 0 spiro atoms. The van der Waals surface area contributed by atoms with Crippen LogP contribution in [0.4, 0.5) is 0 Å². The highest BCUT2D eigenvalue weighted by molar-refractivity contribution is 9.10. The first-order valence-corrected chi connectivity index (χ1v) is 3.64. The number of hydrogen-bond acceptors (Lipinski definition) is 2. The van der Waals surface area contributed by atoms with E-state index in [0.29, 0.717) is 0 Å². The molecule has 0 radical (unpaired) electrons. The Morgan fingerprint density at radius 2 is 2.40 bits per heavy atom. The summed E-state index contributed by atoms with van der Waals surface area (Å²) in [6.07, 6.45) is 4.87. The van der Waals surface area contributed by atoms with Gasteiger partial charge in [-0.05, 0) is 15.9 Å². The van der Waals surface area contributed by atoms with Crippen molar-refractivity contribution in [2.75, 3.05) is 0 Å². The summed E-state index contributed by atoms with van der Waals surface area (Å²) in [4.78, 5) is 0. The van der Waals surface area contributed by atoms with Crippen molar-refractivity contribution < 1.29 is 4.42 Å². The van der Waals surface area contributed by atoms with E-state index in [9.17, 15) is 0 Å². The molecule has 0 fully saturated rings. The molecule has 1 aromatic heterocycles. The lowest BCUT2D eigenvalue weighted by molar-refractivity contribution is 0.561. The van der Waals surface area contributed by atoms with Crippen LogP contribution in [0.3, 0.4) is 0 Å². The largest absolute Gasteiger partial charge is 0.471 e. The molecule has 0 unspecified atom stereocenters. The summed E-state index contributed by atoms with van der Waals surface area (Å²) < 4.78 is 5.78. The molecule has 54 valence electrons. The van der Waals surface area contributed by atoms with Crippen LogP contribution in [0.5, 0.6) is 0 Å². The molecule has 0 amide bonds. The van der Waals surface area contributed by atoms with Crippen LogP contribution in [-0.4, -0.2) is 0 Å². The van der Waals surface area contributed by atoms with Crippen LogP contribution < -0.4 is 5.73 Å². The first-order chi connectivity index (χ1) is 4.75. The molecule has 1 heterocycles. The highest BCUT2D eigenvalue weighted by Crippen LogP contribution is 2.23. The van der Waals surface area contributed by atoms with Crippen molar-refractivity contribution in [1.82, 2.24) is 0 Å². The van der Waals surface area contributed by atoms with E-state index in [-0.39, 0.29) is 6.04 Å². The van der Waals surface area contributed by atoms with Gasteiger partial charge in [0.05, 0.1) is 16.8 Å². The van der Waals surface area contributed by atoms with Gasteiger partial charge in [-0.1, -0.05) is 6.08 Å². The van der Waals surface area contributed by atoms with Gasteiger partial charge in [0.1, 0.15) is 6.26 Å². The van der Waals surface area contributed by atoms with Gasteiger partial charge in [0.15, 0.2) is 0 Å². The summed E-state index contributed by atoms with van der Waals surface area (Å²) in [5.74, 6) is 0. The molecule has 0 bridgehead atoms. The van der Waals surface area contributed by atoms with Crippen LogP contribution in [0.1, 0.15) is 11.6 Å². The molecule has 0 saturated heterocycles. The summed E-state index contributed by atoms with van der Waals surface area (Å²) >= 11 is 3.29. The standard InChI is InChI=1S/C7H8BrNO/c1-2-7(9)5-3-10-4-6(5)8/h2-4,7H,1,9H2/t7-/m1/s1. The molecule has 1 rings (SSSR count). The molecule has 0 aliphatic rings. The zero-order chi connectivity index (χ0) is 7.56. The van der Waals surface area contributed by atoms with Crippen molar-refractivity contribution in [2.24, 2.45) is 5.73 Å². The van der Waals surface area contributed by atoms with E-state index in [2.05, 4.69) is 22.5 Å². The molecule has 2 nitrogen and oxygen atoms in total. The Balaban J connectivity index is 2.92. The fourth-order valence-corrected chi connectivity index (χ4v) is 1.12. The molecule has 0 saturated carbocycles. The maximum absolute atomic E-state index is 5.63. The van der Waals surface area contributed by atoms with Crippen molar-refractivity contribution in [3.63, 3.8) is 0 Å². The van der Waals surface area contributed by atoms with E-state index in [1.54, 1.807) is 18.6 Å². The monoisotopic (exact) mass is 201 g/mol. The normalized spacial score (nSPS) is 13.0. The third-order valence-electron chi connectivity index (χ3n) is 1.26. The molecule has 3 heteroatoms. The van der Waals surface area contributed by atoms with E-state index in [1.165, 1.54) is 0 Å². The summed E-state index contributed by atoms with van der Waals surface area (Å²) in [6, 6.07) is -0.145. The Labute approximate surface area is 67.8 Å². The number of halogens is 1. The fraction of sp³-hybridized carbons (Fsp3) is 0.143. The van der Waals surface area contributed by atoms with E-state index in [0.717, 1.165) is 10.0 Å². The summed E-state index contributed by atoms with van der Waals surface area (Å²) in [5.41, 5.74) is 6.56.